The van der Waals surface area contributed by atoms with Crippen LogP contribution in [0.3, 0.4) is 0 Å². The molecule has 4 aromatic rings. The van der Waals surface area contributed by atoms with Gasteiger partial charge in [0.05, 0.1) is 12.9 Å². The van der Waals surface area contributed by atoms with Crippen molar-refractivity contribution in [2.24, 2.45) is 0 Å². The first-order valence-electron chi connectivity index (χ1n) is 11.8. The molecule has 0 saturated carbocycles. The molecular weight excluding hydrogens is 472 g/mol. The van der Waals surface area contributed by atoms with Crippen LogP contribution in [0.25, 0.3) is 11.4 Å². The second-order valence-corrected chi connectivity index (χ2v) is 9.50. The van der Waals surface area contributed by atoms with Gasteiger partial charge in [-0.15, -0.1) is 10.2 Å². The van der Waals surface area contributed by atoms with Gasteiger partial charge in [-0.25, -0.2) is 0 Å². The van der Waals surface area contributed by atoms with Crippen molar-refractivity contribution in [1.29, 1.82) is 0 Å². The van der Waals surface area contributed by atoms with Crippen LogP contribution in [-0.4, -0.2) is 39.3 Å². The molecule has 1 aliphatic heterocycles. The number of nitrogens with zero attached hydrogens (tertiary/aromatic N) is 3. The number of aromatic nitrogens is 3. The van der Waals surface area contributed by atoms with E-state index >= 15 is 0 Å². The molecule has 182 valence electrons. The maximum absolute atomic E-state index is 13.0. The minimum atomic E-state index is 0.0136. The molecule has 1 aliphatic rings. The summed E-state index contributed by atoms with van der Waals surface area (Å²) in [5.41, 5.74) is 4.59. The summed E-state index contributed by atoms with van der Waals surface area (Å²) in [6, 6.07) is 23.5. The number of nitrogens with one attached hydrogen (secondary N) is 1. The molecular formula is C28H26N4O3S. The second kappa shape index (κ2) is 10.8. The summed E-state index contributed by atoms with van der Waals surface area (Å²) in [7, 11) is 1.64. The van der Waals surface area contributed by atoms with Crippen molar-refractivity contribution in [2.45, 2.75) is 31.0 Å². The molecule has 5 rings (SSSR count). The topological polar surface area (TPSA) is 86.1 Å². The fourth-order valence-electron chi connectivity index (χ4n) is 4.21. The van der Waals surface area contributed by atoms with Crippen molar-refractivity contribution < 1.29 is 14.3 Å². The minimum absolute atomic E-state index is 0.0136. The van der Waals surface area contributed by atoms with Crippen molar-refractivity contribution in [3.05, 3.63) is 89.5 Å². The molecule has 1 amide bonds. The number of methoxy groups -OCH3 is 1. The maximum Gasteiger partial charge on any atom is 0.224 e. The molecule has 36 heavy (non-hydrogen) atoms. The second-order valence-electron chi connectivity index (χ2n) is 8.55. The van der Waals surface area contributed by atoms with Gasteiger partial charge in [-0.2, -0.15) is 0 Å². The largest absolute Gasteiger partial charge is 0.497 e. The van der Waals surface area contributed by atoms with E-state index in [0.717, 1.165) is 34.8 Å². The fourth-order valence-corrected chi connectivity index (χ4v) is 5.07. The molecule has 0 spiro atoms. The van der Waals surface area contributed by atoms with Gasteiger partial charge in [-0.1, -0.05) is 42.1 Å². The van der Waals surface area contributed by atoms with Crippen LogP contribution in [0.4, 0.5) is 5.69 Å². The van der Waals surface area contributed by atoms with Crippen molar-refractivity contribution in [3.63, 3.8) is 0 Å². The number of ketones is 1. The monoisotopic (exact) mass is 498 g/mol. The predicted octanol–water partition coefficient (Wildman–Crippen LogP) is 5.06. The number of carbonyl (C=O) groups excluding carboxylic acids is 2. The quantitative estimate of drug-likeness (QED) is 0.257. The maximum atomic E-state index is 13.0. The SMILES string of the molecule is COc1ccc(-c2nnc(SCC(=O)c3ccc4c(c3)CCC(=O)N4)n2CCc2ccccc2)cc1. The Morgan fingerprint density at radius 1 is 1.03 bits per heavy atom. The predicted molar refractivity (Wildman–Crippen MR) is 141 cm³/mol. The van der Waals surface area contributed by atoms with Crippen molar-refractivity contribution in [2.75, 3.05) is 18.2 Å². The molecule has 1 aromatic heterocycles. The number of Topliss-reactive ketones (excluding diaryl/α,β-unsaturated/α-hetero) is 1. The molecule has 7 nitrogen and oxygen atoms in total. The Bertz CT molecular complexity index is 1380. The number of benzene rings is 3. The van der Waals surface area contributed by atoms with E-state index in [-0.39, 0.29) is 17.4 Å². The highest BCUT2D eigenvalue weighted by molar-refractivity contribution is 7.99. The molecule has 2 heterocycles. The fraction of sp³-hybridized carbons (Fsp3) is 0.214. The van der Waals surface area contributed by atoms with Gasteiger partial charge in [0.15, 0.2) is 16.8 Å². The highest BCUT2D eigenvalue weighted by Crippen LogP contribution is 2.28. The summed E-state index contributed by atoms with van der Waals surface area (Å²) in [5, 5.41) is 12.5. The summed E-state index contributed by atoms with van der Waals surface area (Å²) in [6.07, 6.45) is 1.91. The third-order valence-corrected chi connectivity index (χ3v) is 7.15. The third kappa shape index (κ3) is 5.33. The Morgan fingerprint density at radius 3 is 2.61 bits per heavy atom. The molecule has 1 N–H and O–H groups in total. The zero-order valence-electron chi connectivity index (χ0n) is 19.9. The first kappa shape index (κ1) is 23.8. The number of thioether (sulfide) groups is 1. The molecule has 0 atom stereocenters. The van der Waals surface area contributed by atoms with Gasteiger partial charge >= 0.3 is 0 Å². The Hall–Kier alpha value is -3.91. The lowest BCUT2D eigenvalue weighted by molar-refractivity contribution is -0.116. The molecule has 0 radical (unpaired) electrons. The lowest BCUT2D eigenvalue weighted by Gasteiger charge is -2.17. The van der Waals surface area contributed by atoms with E-state index in [9.17, 15) is 9.59 Å². The van der Waals surface area contributed by atoms with E-state index in [1.165, 1.54) is 17.3 Å². The number of aryl methyl sites for hydroxylation is 2. The van der Waals surface area contributed by atoms with Crippen LogP contribution in [0.1, 0.15) is 27.9 Å². The molecule has 0 bridgehead atoms. The summed E-state index contributed by atoms with van der Waals surface area (Å²) >= 11 is 1.39. The Kier molecular flexibility index (Phi) is 7.13. The highest BCUT2D eigenvalue weighted by Gasteiger charge is 2.19. The van der Waals surface area contributed by atoms with E-state index < -0.39 is 0 Å². The van der Waals surface area contributed by atoms with Gasteiger partial charge in [0.2, 0.25) is 5.91 Å². The summed E-state index contributed by atoms with van der Waals surface area (Å²) in [6.45, 7) is 0.688. The molecule has 0 aliphatic carbocycles. The Labute approximate surface area is 213 Å². The van der Waals surface area contributed by atoms with Crippen LogP contribution < -0.4 is 10.1 Å². The molecule has 0 saturated heterocycles. The van der Waals surface area contributed by atoms with Crippen LogP contribution in [0.15, 0.2) is 78.0 Å². The normalized spacial score (nSPS) is 12.6. The van der Waals surface area contributed by atoms with Gasteiger partial charge in [0.1, 0.15) is 5.75 Å². The van der Waals surface area contributed by atoms with Gasteiger partial charge in [-0.05, 0) is 66.4 Å². The highest BCUT2D eigenvalue weighted by atomic mass is 32.2. The third-order valence-electron chi connectivity index (χ3n) is 6.19. The lowest BCUT2D eigenvalue weighted by Crippen LogP contribution is -2.19. The van der Waals surface area contributed by atoms with E-state index in [1.54, 1.807) is 13.2 Å². The number of rotatable bonds is 9. The molecule has 3 aromatic carbocycles. The van der Waals surface area contributed by atoms with Crippen LogP contribution in [-0.2, 0) is 24.2 Å². The van der Waals surface area contributed by atoms with E-state index in [4.69, 9.17) is 4.74 Å². The molecule has 8 heteroatoms. The van der Waals surface area contributed by atoms with E-state index in [2.05, 4.69) is 32.2 Å². The van der Waals surface area contributed by atoms with Crippen LogP contribution in [0.2, 0.25) is 0 Å². The van der Waals surface area contributed by atoms with Gasteiger partial charge in [-0.3, -0.25) is 9.59 Å². The first-order chi connectivity index (χ1) is 17.6. The standard InChI is InChI=1S/C28H26N4O3S/c1-35-23-11-7-20(8-12-23)27-30-31-28(32(27)16-15-19-5-3-2-4-6-19)36-18-25(33)22-9-13-24-21(17-22)10-14-26(34)29-24/h2-9,11-13,17H,10,14-16,18H2,1H3,(H,29,34). The van der Waals surface area contributed by atoms with Crippen molar-refractivity contribution in [3.8, 4) is 17.1 Å². The average Bonchev–Trinajstić information content (AvgIpc) is 3.33. The van der Waals surface area contributed by atoms with Crippen LogP contribution >= 0.6 is 11.8 Å². The minimum Gasteiger partial charge on any atom is -0.497 e. The number of amides is 1. The van der Waals surface area contributed by atoms with Gasteiger partial charge < -0.3 is 14.6 Å². The number of ether oxygens (including phenoxy) is 1. The molecule has 0 unspecified atom stereocenters. The summed E-state index contributed by atoms with van der Waals surface area (Å²) in [4.78, 5) is 24.6. The number of anilines is 1. The van der Waals surface area contributed by atoms with E-state index in [1.807, 2.05) is 54.6 Å². The number of hydrogen-bond acceptors (Lipinski definition) is 6. The van der Waals surface area contributed by atoms with Crippen molar-refractivity contribution in [1.82, 2.24) is 14.8 Å². The number of hydrogen-bond donors (Lipinski definition) is 1. The Balaban J connectivity index is 1.35. The average molecular weight is 499 g/mol. The van der Waals surface area contributed by atoms with E-state index in [0.29, 0.717) is 30.1 Å². The number of carbonyl (C=O) groups is 2. The smallest absolute Gasteiger partial charge is 0.224 e. The molecule has 0 fully saturated rings. The van der Waals surface area contributed by atoms with Gasteiger partial charge in [0, 0.05) is 29.8 Å². The zero-order valence-corrected chi connectivity index (χ0v) is 20.8. The lowest BCUT2D eigenvalue weighted by atomic mass is 9.99. The Morgan fingerprint density at radius 2 is 1.83 bits per heavy atom. The first-order valence-corrected chi connectivity index (χ1v) is 12.8. The van der Waals surface area contributed by atoms with Gasteiger partial charge in [0.25, 0.3) is 0 Å². The number of fused-ring (bicyclic) bond motifs is 1. The van der Waals surface area contributed by atoms with Crippen LogP contribution in [0, 0.1) is 0 Å². The summed E-state index contributed by atoms with van der Waals surface area (Å²) in [5.74, 6) is 1.81. The van der Waals surface area contributed by atoms with Crippen molar-refractivity contribution >= 4 is 29.1 Å². The zero-order chi connectivity index (χ0) is 24.9. The summed E-state index contributed by atoms with van der Waals surface area (Å²) < 4.78 is 7.37. The van der Waals surface area contributed by atoms with Crippen LogP contribution in [0.5, 0.6) is 5.75 Å².